The monoisotopic (exact) mass is 260 g/mol. The van der Waals surface area contributed by atoms with Crippen LogP contribution in [0.2, 0.25) is 0 Å². The fourth-order valence-electron chi connectivity index (χ4n) is 1.52. The van der Waals surface area contributed by atoms with Gasteiger partial charge in [-0.05, 0) is 18.2 Å². The van der Waals surface area contributed by atoms with E-state index in [0.29, 0.717) is 18.0 Å². The highest BCUT2D eigenvalue weighted by molar-refractivity contribution is 5.88. The third-order valence-electron chi connectivity index (χ3n) is 2.41. The Balaban J connectivity index is 2.30. The quantitative estimate of drug-likeness (QED) is 0.874. The molecule has 2 N–H and O–H groups in total. The van der Waals surface area contributed by atoms with Gasteiger partial charge in [-0.25, -0.2) is 4.79 Å². The van der Waals surface area contributed by atoms with Crippen molar-refractivity contribution in [1.29, 1.82) is 0 Å². The molecule has 0 aliphatic heterocycles. The summed E-state index contributed by atoms with van der Waals surface area (Å²) in [6.45, 7) is 1.85. The van der Waals surface area contributed by atoms with Gasteiger partial charge >= 0.3 is 5.97 Å². The highest BCUT2D eigenvalue weighted by atomic mass is 16.5. The molecule has 0 unspecified atom stereocenters. The largest absolute Gasteiger partial charge is 0.478 e. The molecule has 1 aromatic heterocycles. The van der Waals surface area contributed by atoms with Crippen molar-refractivity contribution in [2.45, 2.75) is 13.3 Å². The van der Waals surface area contributed by atoms with Gasteiger partial charge in [-0.15, -0.1) is 0 Å². The first-order chi connectivity index (χ1) is 9.08. The van der Waals surface area contributed by atoms with Crippen molar-refractivity contribution in [2.24, 2.45) is 0 Å². The molecular weight excluding hydrogens is 248 g/mol. The third-order valence-corrected chi connectivity index (χ3v) is 2.41. The van der Waals surface area contributed by atoms with Crippen LogP contribution in [0.1, 0.15) is 23.1 Å². The normalized spacial score (nSPS) is 10.2. The van der Waals surface area contributed by atoms with E-state index in [9.17, 15) is 9.59 Å². The molecule has 1 heterocycles. The van der Waals surface area contributed by atoms with Crippen LogP contribution in [0.4, 0.5) is 0 Å². The van der Waals surface area contributed by atoms with Crippen LogP contribution < -0.4 is 10.3 Å². The molecule has 2 rings (SSSR count). The zero-order valence-corrected chi connectivity index (χ0v) is 10.2. The van der Waals surface area contributed by atoms with Gasteiger partial charge in [0.05, 0.1) is 11.6 Å². The SMILES string of the molecule is CCc1nc(Oc2cccc(C(=O)O)c2)cc(=O)[nH]1. The Morgan fingerprint density at radius 3 is 2.89 bits per heavy atom. The van der Waals surface area contributed by atoms with Crippen molar-refractivity contribution in [3.8, 4) is 11.6 Å². The van der Waals surface area contributed by atoms with E-state index in [0.717, 1.165) is 0 Å². The molecule has 0 aliphatic rings. The summed E-state index contributed by atoms with van der Waals surface area (Å²) in [5, 5.41) is 8.88. The molecule has 0 radical (unpaired) electrons. The second-order valence-electron chi connectivity index (χ2n) is 3.82. The van der Waals surface area contributed by atoms with E-state index in [1.165, 1.54) is 18.2 Å². The Kier molecular flexibility index (Phi) is 3.61. The van der Waals surface area contributed by atoms with E-state index in [1.54, 1.807) is 12.1 Å². The first-order valence-corrected chi connectivity index (χ1v) is 5.70. The van der Waals surface area contributed by atoms with Crippen molar-refractivity contribution in [3.63, 3.8) is 0 Å². The maximum atomic E-state index is 11.4. The Morgan fingerprint density at radius 2 is 2.21 bits per heavy atom. The first-order valence-electron chi connectivity index (χ1n) is 5.70. The van der Waals surface area contributed by atoms with Crippen LogP contribution in [0.5, 0.6) is 11.6 Å². The number of hydrogen-bond acceptors (Lipinski definition) is 4. The highest BCUT2D eigenvalue weighted by Gasteiger charge is 2.06. The lowest BCUT2D eigenvalue weighted by molar-refractivity contribution is 0.0696. The lowest BCUT2D eigenvalue weighted by Gasteiger charge is -2.06. The van der Waals surface area contributed by atoms with E-state index in [1.807, 2.05) is 6.92 Å². The average molecular weight is 260 g/mol. The number of carbonyl (C=O) groups is 1. The van der Waals surface area contributed by atoms with E-state index in [4.69, 9.17) is 9.84 Å². The predicted molar refractivity (Wildman–Crippen MR) is 67.7 cm³/mol. The maximum absolute atomic E-state index is 11.4. The summed E-state index contributed by atoms with van der Waals surface area (Å²) in [4.78, 5) is 28.9. The number of ether oxygens (including phenoxy) is 1. The molecule has 6 heteroatoms. The summed E-state index contributed by atoms with van der Waals surface area (Å²) in [5.41, 5.74) is -0.200. The number of aromatic nitrogens is 2. The summed E-state index contributed by atoms with van der Waals surface area (Å²) in [6, 6.07) is 7.20. The number of aromatic amines is 1. The van der Waals surface area contributed by atoms with Gasteiger partial charge in [0.1, 0.15) is 11.6 Å². The topological polar surface area (TPSA) is 92.3 Å². The minimum absolute atomic E-state index is 0.109. The molecule has 2 aromatic rings. The van der Waals surface area contributed by atoms with Crippen LogP contribution in [0.15, 0.2) is 35.1 Å². The minimum atomic E-state index is -1.04. The van der Waals surface area contributed by atoms with Crippen LogP contribution in [-0.2, 0) is 6.42 Å². The van der Waals surface area contributed by atoms with Crippen molar-refractivity contribution in [1.82, 2.24) is 9.97 Å². The van der Waals surface area contributed by atoms with E-state index < -0.39 is 5.97 Å². The lowest BCUT2D eigenvalue weighted by Crippen LogP contribution is -2.10. The molecule has 0 bridgehead atoms. The number of H-pyrrole nitrogens is 1. The molecule has 0 fully saturated rings. The number of rotatable bonds is 4. The van der Waals surface area contributed by atoms with Crippen LogP contribution >= 0.6 is 0 Å². The smallest absolute Gasteiger partial charge is 0.335 e. The number of aryl methyl sites for hydroxylation is 1. The number of carboxylic acids is 1. The van der Waals surface area contributed by atoms with Crippen molar-refractivity contribution in [2.75, 3.05) is 0 Å². The molecule has 0 amide bonds. The van der Waals surface area contributed by atoms with Gasteiger partial charge in [0.25, 0.3) is 5.56 Å². The Bertz CT molecular complexity index is 664. The van der Waals surface area contributed by atoms with Crippen LogP contribution in [0.25, 0.3) is 0 Å². The fraction of sp³-hybridized carbons (Fsp3) is 0.154. The van der Waals surface area contributed by atoms with Crippen LogP contribution in [0, 0.1) is 0 Å². The zero-order chi connectivity index (χ0) is 13.8. The number of aromatic carboxylic acids is 1. The summed E-state index contributed by atoms with van der Waals surface area (Å²) in [7, 11) is 0. The molecule has 0 saturated carbocycles. The van der Waals surface area contributed by atoms with Gasteiger partial charge in [-0.3, -0.25) is 4.79 Å². The van der Waals surface area contributed by atoms with Gasteiger partial charge in [-0.2, -0.15) is 4.98 Å². The second-order valence-corrected chi connectivity index (χ2v) is 3.82. The molecule has 19 heavy (non-hydrogen) atoms. The maximum Gasteiger partial charge on any atom is 0.335 e. The van der Waals surface area contributed by atoms with Gasteiger partial charge in [-0.1, -0.05) is 13.0 Å². The molecule has 6 nitrogen and oxygen atoms in total. The van der Waals surface area contributed by atoms with E-state index in [2.05, 4.69) is 9.97 Å². The minimum Gasteiger partial charge on any atom is -0.478 e. The van der Waals surface area contributed by atoms with Crippen LogP contribution in [0.3, 0.4) is 0 Å². The highest BCUT2D eigenvalue weighted by Crippen LogP contribution is 2.19. The van der Waals surface area contributed by atoms with Crippen molar-refractivity contribution < 1.29 is 14.6 Å². The predicted octanol–water partition coefficient (Wildman–Crippen LogP) is 1.82. The standard InChI is InChI=1S/C13H12N2O4/c1-2-10-14-11(16)7-12(15-10)19-9-5-3-4-8(6-9)13(17)18/h3-7H,2H2,1H3,(H,17,18)(H,14,15,16). The van der Waals surface area contributed by atoms with Crippen molar-refractivity contribution >= 4 is 5.97 Å². The lowest BCUT2D eigenvalue weighted by atomic mass is 10.2. The summed E-state index contributed by atoms with van der Waals surface area (Å²) < 4.78 is 5.40. The molecular formula is C13H12N2O4. The molecule has 0 aliphatic carbocycles. The number of nitrogens with zero attached hydrogens (tertiary/aromatic N) is 1. The molecule has 0 saturated heterocycles. The zero-order valence-electron chi connectivity index (χ0n) is 10.2. The molecule has 1 aromatic carbocycles. The van der Waals surface area contributed by atoms with Gasteiger partial charge in [0, 0.05) is 6.42 Å². The van der Waals surface area contributed by atoms with Gasteiger partial charge < -0.3 is 14.8 Å². The summed E-state index contributed by atoms with van der Waals surface area (Å²) in [5.74, 6) is -0.0707. The Labute approximate surface area is 108 Å². The van der Waals surface area contributed by atoms with E-state index in [-0.39, 0.29) is 17.0 Å². The summed E-state index contributed by atoms with van der Waals surface area (Å²) >= 11 is 0. The number of carboxylic acid groups (broad SMARTS) is 1. The average Bonchev–Trinajstić information content (AvgIpc) is 2.38. The Morgan fingerprint density at radius 1 is 1.42 bits per heavy atom. The fourth-order valence-corrected chi connectivity index (χ4v) is 1.52. The van der Waals surface area contributed by atoms with Gasteiger partial charge in [0.2, 0.25) is 5.88 Å². The van der Waals surface area contributed by atoms with Gasteiger partial charge in [0.15, 0.2) is 0 Å². The molecule has 0 atom stereocenters. The number of hydrogen-bond donors (Lipinski definition) is 2. The first kappa shape index (κ1) is 12.8. The number of benzene rings is 1. The Hall–Kier alpha value is -2.63. The summed E-state index contributed by atoms with van der Waals surface area (Å²) in [6.07, 6.45) is 0.571. The molecule has 98 valence electrons. The number of nitrogens with one attached hydrogen (secondary N) is 1. The van der Waals surface area contributed by atoms with Crippen molar-refractivity contribution in [3.05, 3.63) is 52.1 Å². The van der Waals surface area contributed by atoms with Crippen LogP contribution in [-0.4, -0.2) is 21.0 Å². The second kappa shape index (κ2) is 5.34. The molecule has 0 spiro atoms. The third kappa shape index (κ3) is 3.19. The van der Waals surface area contributed by atoms with E-state index >= 15 is 0 Å².